The molecular weight excluding hydrogens is 426 g/mol. The van der Waals surface area contributed by atoms with Crippen LogP contribution in [0.3, 0.4) is 0 Å². The smallest absolute Gasteiger partial charge is 0.338 e. The van der Waals surface area contributed by atoms with E-state index in [0.717, 1.165) is 5.56 Å². The Morgan fingerprint density at radius 3 is 2.68 bits per heavy atom. The number of halogens is 1. The molecule has 0 aliphatic carbocycles. The Bertz CT molecular complexity index is 1120. The van der Waals surface area contributed by atoms with E-state index in [1.54, 1.807) is 48.5 Å². The number of aryl methyl sites for hydroxylation is 1. The summed E-state index contributed by atoms with van der Waals surface area (Å²) in [4.78, 5) is 22.7. The molecule has 0 fully saturated rings. The molecule has 9 nitrogen and oxygen atoms in total. The van der Waals surface area contributed by atoms with Gasteiger partial charge in [-0.1, -0.05) is 35.0 Å². The third kappa shape index (κ3) is 5.61. The van der Waals surface area contributed by atoms with Gasteiger partial charge in [-0.05, 0) is 48.9 Å². The first kappa shape index (κ1) is 21.8. The predicted octanol–water partition coefficient (Wildman–Crippen LogP) is 4.74. The fourth-order valence-electron chi connectivity index (χ4n) is 2.67. The molecule has 10 heteroatoms. The van der Waals surface area contributed by atoms with Gasteiger partial charge in [0.2, 0.25) is 5.76 Å². The lowest BCUT2D eigenvalue weighted by Gasteiger charge is -2.11. The minimum absolute atomic E-state index is 0.0657. The van der Waals surface area contributed by atoms with Gasteiger partial charge < -0.3 is 19.3 Å². The molecule has 1 heterocycles. The van der Waals surface area contributed by atoms with Crippen molar-refractivity contribution in [3.63, 3.8) is 0 Å². The first-order valence-electron chi connectivity index (χ1n) is 9.02. The number of ether oxygens (including phenoxy) is 2. The molecule has 3 rings (SSSR count). The Morgan fingerprint density at radius 1 is 1.26 bits per heavy atom. The van der Waals surface area contributed by atoms with Crippen molar-refractivity contribution in [2.45, 2.75) is 6.92 Å². The minimum Gasteiger partial charge on any atom is -0.495 e. The van der Waals surface area contributed by atoms with Crippen LogP contribution in [0.15, 0.2) is 47.0 Å². The second kappa shape index (κ2) is 9.77. The number of nitrogens with zero attached hydrogens (tertiary/aromatic N) is 2. The zero-order valence-electron chi connectivity index (χ0n) is 16.6. The van der Waals surface area contributed by atoms with Gasteiger partial charge in [-0.15, -0.1) is 0 Å². The Morgan fingerprint density at radius 2 is 2.00 bits per heavy atom. The maximum absolute atomic E-state index is 12.2. The summed E-state index contributed by atoms with van der Waals surface area (Å²) in [5.41, 5.74) is 1.24. The molecule has 0 radical (unpaired) electrons. The molecule has 0 atom stereocenters. The number of anilines is 1. The monoisotopic (exact) mass is 443 g/mol. The number of nitrogens with one attached hydrogen (secondary N) is 1. The molecule has 0 aliphatic rings. The summed E-state index contributed by atoms with van der Waals surface area (Å²) >= 11 is 5.95. The van der Waals surface area contributed by atoms with Crippen LogP contribution in [0.5, 0.6) is 11.5 Å². The predicted molar refractivity (Wildman–Crippen MR) is 115 cm³/mol. The zero-order valence-corrected chi connectivity index (χ0v) is 17.4. The second-order valence-electron chi connectivity index (χ2n) is 6.32. The number of benzene rings is 2. The van der Waals surface area contributed by atoms with Gasteiger partial charge in [0, 0.05) is 5.02 Å². The molecule has 31 heavy (non-hydrogen) atoms. The fourth-order valence-corrected chi connectivity index (χ4v) is 2.85. The fraction of sp³-hybridized carbons (Fsp3) is 0.143. The SMILES string of the molecule is COc1ccc(Cl)cc1NC(=O)COc1ccc(/C=C/c2onc(C)c2[N+](=O)[O-])cc1. The second-order valence-corrected chi connectivity index (χ2v) is 6.76. The number of hydrogen-bond donors (Lipinski definition) is 1. The first-order valence-corrected chi connectivity index (χ1v) is 9.40. The number of methoxy groups -OCH3 is 1. The first-order chi connectivity index (χ1) is 14.9. The molecule has 0 spiro atoms. The van der Waals surface area contributed by atoms with Gasteiger partial charge in [0.25, 0.3) is 5.91 Å². The standard InChI is InChI=1S/C21H18ClN3O6/c1-13-21(25(27)28)19(31-24-13)9-5-14-3-7-16(8-4-14)30-12-20(26)23-17-11-15(22)6-10-18(17)29-2/h3-11H,12H2,1-2H3,(H,23,26)/b9-5+. The van der Waals surface area contributed by atoms with Gasteiger partial charge in [0.1, 0.15) is 11.5 Å². The van der Waals surface area contributed by atoms with E-state index >= 15 is 0 Å². The number of carbonyl (C=O) groups excluding carboxylic acids is 1. The highest BCUT2D eigenvalue weighted by Gasteiger charge is 2.21. The molecule has 0 unspecified atom stereocenters. The highest BCUT2D eigenvalue weighted by atomic mass is 35.5. The lowest BCUT2D eigenvalue weighted by Crippen LogP contribution is -2.20. The lowest BCUT2D eigenvalue weighted by molar-refractivity contribution is -0.386. The van der Waals surface area contributed by atoms with Gasteiger partial charge >= 0.3 is 5.69 Å². The Hall–Kier alpha value is -3.85. The van der Waals surface area contributed by atoms with E-state index in [9.17, 15) is 14.9 Å². The number of aromatic nitrogens is 1. The van der Waals surface area contributed by atoms with E-state index in [1.807, 2.05) is 0 Å². The minimum atomic E-state index is -0.535. The van der Waals surface area contributed by atoms with Crippen LogP contribution in [0, 0.1) is 17.0 Å². The van der Waals surface area contributed by atoms with Crippen LogP contribution >= 0.6 is 11.6 Å². The van der Waals surface area contributed by atoms with E-state index in [1.165, 1.54) is 20.1 Å². The van der Waals surface area contributed by atoms with Gasteiger partial charge in [-0.3, -0.25) is 14.9 Å². The quantitative estimate of drug-likeness (QED) is 0.394. The summed E-state index contributed by atoms with van der Waals surface area (Å²) in [7, 11) is 1.49. The van der Waals surface area contributed by atoms with Gasteiger partial charge in [-0.25, -0.2) is 0 Å². The normalized spacial score (nSPS) is 10.8. The van der Waals surface area contributed by atoms with Crippen molar-refractivity contribution in [3.05, 3.63) is 74.6 Å². The van der Waals surface area contributed by atoms with E-state index < -0.39 is 4.92 Å². The Labute approximate surface area is 182 Å². The number of hydrogen-bond acceptors (Lipinski definition) is 7. The lowest BCUT2D eigenvalue weighted by atomic mass is 10.2. The third-order valence-electron chi connectivity index (χ3n) is 4.15. The van der Waals surface area contributed by atoms with Crippen molar-refractivity contribution >= 4 is 41.0 Å². The maximum Gasteiger partial charge on any atom is 0.338 e. The van der Waals surface area contributed by atoms with Crippen LogP contribution in [0.2, 0.25) is 5.02 Å². The molecule has 1 amide bonds. The molecule has 1 N–H and O–H groups in total. The molecule has 0 saturated carbocycles. The van der Waals surface area contributed by atoms with Crippen molar-refractivity contribution in [3.8, 4) is 11.5 Å². The maximum atomic E-state index is 12.2. The Balaban J connectivity index is 1.58. The van der Waals surface area contributed by atoms with Crippen molar-refractivity contribution in [1.82, 2.24) is 5.16 Å². The van der Waals surface area contributed by atoms with Gasteiger partial charge in [-0.2, -0.15) is 0 Å². The zero-order chi connectivity index (χ0) is 22.4. The highest BCUT2D eigenvalue weighted by Crippen LogP contribution is 2.28. The third-order valence-corrected chi connectivity index (χ3v) is 4.39. The van der Waals surface area contributed by atoms with Crippen LogP contribution in [0.25, 0.3) is 12.2 Å². The topological polar surface area (TPSA) is 117 Å². The average Bonchev–Trinajstić information content (AvgIpc) is 3.12. The van der Waals surface area contributed by atoms with E-state index in [2.05, 4.69) is 10.5 Å². The molecule has 3 aromatic rings. The van der Waals surface area contributed by atoms with Crippen LogP contribution in [0.1, 0.15) is 17.0 Å². The number of carbonyl (C=O) groups is 1. The largest absolute Gasteiger partial charge is 0.495 e. The Kier molecular flexibility index (Phi) is 6.88. The summed E-state index contributed by atoms with van der Waals surface area (Å²) in [6.07, 6.45) is 3.12. The number of nitro groups is 1. The highest BCUT2D eigenvalue weighted by molar-refractivity contribution is 6.31. The summed E-state index contributed by atoms with van der Waals surface area (Å²) in [5, 5.41) is 17.8. The average molecular weight is 444 g/mol. The molecule has 0 bridgehead atoms. The van der Waals surface area contributed by atoms with Crippen molar-refractivity contribution < 1.29 is 23.7 Å². The van der Waals surface area contributed by atoms with Crippen LogP contribution < -0.4 is 14.8 Å². The van der Waals surface area contributed by atoms with Crippen LogP contribution in [-0.4, -0.2) is 29.7 Å². The van der Waals surface area contributed by atoms with Crippen molar-refractivity contribution in [2.75, 3.05) is 19.0 Å². The van der Waals surface area contributed by atoms with Crippen molar-refractivity contribution in [1.29, 1.82) is 0 Å². The summed E-state index contributed by atoms with van der Waals surface area (Å²) in [5.74, 6) is 0.649. The summed E-state index contributed by atoms with van der Waals surface area (Å²) in [6.45, 7) is 1.29. The van der Waals surface area contributed by atoms with E-state index in [-0.39, 0.29) is 29.7 Å². The van der Waals surface area contributed by atoms with Crippen molar-refractivity contribution in [2.24, 2.45) is 0 Å². The van der Waals surface area contributed by atoms with Crippen LogP contribution in [-0.2, 0) is 4.79 Å². The molecule has 0 saturated heterocycles. The molecule has 2 aromatic carbocycles. The summed E-state index contributed by atoms with van der Waals surface area (Å²) < 4.78 is 15.6. The number of amides is 1. The van der Waals surface area contributed by atoms with Gasteiger partial charge in [0.05, 0.1) is 17.7 Å². The molecule has 1 aromatic heterocycles. The molecule has 160 valence electrons. The number of rotatable bonds is 8. The van der Waals surface area contributed by atoms with E-state index in [4.69, 9.17) is 25.6 Å². The summed E-state index contributed by atoms with van der Waals surface area (Å²) in [6, 6.07) is 11.7. The van der Waals surface area contributed by atoms with Gasteiger partial charge in [0.15, 0.2) is 12.3 Å². The van der Waals surface area contributed by atoms with E-state index in [0.29, 0.717) is 22.2 Å². The van der Waals surface area contributed by atoms with Crippen LogP contribution in [0.4, 0.5) is 11.4 Å². The molecular formula is C21H18ClN3O6. The molecule has 0 aliphatic heterocycles.